The van der Waals surface area contributed by atoms with Crippen molar-refractivity contribution in [3.63, 3.8) is 0 Å². The number of nitrogens with one attached hydrogen (secondary N) is 1. The van der Waals surface area contributed by atoms with Crippen molar-refractivity contribution in [2.75, 3.05) is 93.5 Å². The van der Waals surface area contributed by atoms with E-state index in [1.807, 2.05) is 4.98 Å². The van der Waals surface area contributed by atoms with Crippen molar-refractivity contribution >= 4 is 11.9 Å². The van der Waals surface area contributed by atoms with Crippen molar-refractivity contribution in [2.24, 2.45) is 0 Å². The Balaban J connectivity index is 2.35. The fourth-order valence-corrected chi connectivity index (χ4v) is 2.85. The van der Waals surface area contributed by atoms with Crippen LogP contribution in [-0.2, 0) is 60.6 Å². The van der Waals surface area contributed by atoms with E-state index in [2.05, 4.69) is 0 Å². The summed E-state index contributed by atoms with van der Waals surface area (Å²) in [5.74, 6) is -1.32. The number of aromatic nitrogens is 3. The van der Waals surface area contributed by atoms with Gasteiger partial charge in [0.15, 0.2) is 0 Å². The number of hydrogen-bond acceptors (Lipinski definition) is 13. The summed E-state index contributed by atoms with van der Waals surface area (Å²) < 4.78 is 42.0. The molecule has 0 spiro atoms. The molecule has 0 saturated heterocycles. The van der Waals surface area contributed by atoms with E-state index in [1.165, 1.54) is 0 Å². The summed E-state index contributed by atoms with van der Waals surface area (Å²) >= 11 is 0. The minimum absolute atomic E-state index is 0.0169. The molecule has 0 radical (unpaired) electrons. The van der Waals surface area contributed by atoms with E-state index in [-0.39, 0.29) is 52.4 Å². The Bertz CT molecular complexity index is 915. The Hall–Kier alpha value is -2.89. The van der Waals surface area contributed by atoms with Crippen LogP contribution in [0.1, 0.15) is 12.8 Å². The van der Waals surface area contributed by atoms with Gasteiger partial charge in [-0.05, 0) is 0 Å². The highest BCUT2D eigenvalue weighted by molar-refractivity contribution is 5.69. The lowest BCUT2D eigenvalue weighted by Gasteiger charge is -2.10. The van der Waals surface area contributed by atoms with Gasteiger partial charge in [0.2, 0.25) is 0 Å². The number of esters is 2. The third-order valence-electron chi connectivity index (χ3n) is 4.83. The lowest BCUT2D eigenvalue weighted by atomic mass is 10.4. The van der Waals surface area contributed by atoms with Gasteiger partial charge in [0, 0.05) is 27.3 Å². The standard InChI is InChI=1S/C23H39N3O13/c1-32-7-9-34-11-13-36-15-17-38-19(27)3-5-25-21(29)24-22(30)26(23(25)31)6-4-20(28)39-18-16-37-14-12-35-10-8-33-2/h3-18H2,1-2H3,(H,24,29,30). The van der Waals surface area contributed by atoms with Crippen LogP contribution in [0.4, 0.5) is 0 Å². The number of nitrogens with zero attached hydrogens (tertiary/aromatic N) is 2. The molecule has 1 heterocycles. The zero-order chi connectivity index (χ0) is 28.7. The van der Waals surface area contributed by atoms with Gasteiger partial charge in [0.05, 0.1) is 78.9 Å². The number of methoxy groups -OCH3 is 2. The van der Waals surface area contributed by atoms with Crippen LogP contribution in [0.2, 0.25) is 0 Å². The highest BCUT2D eigenvalue weighted by Crippen LogP contribution is 1.92. The second-order valence-electron chi connectivity index (χ2n) is 7.70. The summed E-state index contributed by atoms with van der Waals surface area (Å²) in [5, 5.41) is 0. The third-order valence-corrected chi connectivity index (χ3v) is 4.83. The van der Waals surface area contributed by atoms with Crippen molar-refractivity contribution in [1.29, 1.82) is 0 Å². The van der Waals surface area contributed by atoms with Crippen LogP contribution in [0.15, 0.2) is 14.4 Å². The van der Waals surface area contributed by atoms with Gasteiger partial charge >= 0.3 is 29.0 Å². The Kier molecular flexibility index (Phi) is 19.2. The van der Waals surface area contributed by atoms with Crippen molar-refractivity contribution in [1.82, 2.24) is 14.1 Å². The Labute approximate surface area is 225 Å². The van der Waals surface area contributed by atoms with E-state index in [4.69, 9.17) is 37.9 Å². The Morgan fingerprint density at radius 3 is 1.26 bits per heavy atom. The minimum atomic E-state index is -0.975. The van der Waals surface area contributed by atoms with E-state index in [1.54, 1.807) is 14.2 Å². The Morgan fingerprint density at radius 1 is 0.564 bits per heavy atom. The second kappa shape index (κ2) is 22.0. The van der Waals surface area contributed by atoms with E-state index >= 15 is 0 Å². The number of carbonyl (C=O) groups is 2. The molecular formula is C23H39N3O13. The largest absolute Gasteiger partial charge is 0.463 e. The first-order chi connectivity index (χ1) is 18.9. The molecule has 0 unspecified atom stereocenters. The predicted octanol–water partition coefficient (Wildman–Crippen LogP) is -2.08. The van der Waals surface area contributed by atoms with Crippen LogP contribution >= 0.6 is 0 Å². The lowest BCUT2D eigenvalue weighted by molar-refractivity contribution is -0.146. The first kappa shape index (κ1) is 34.1. The summed E-state index contributed by atoms with van der Waals surface area (Å²) in [6.45, 7) is 2.87. The van der Waals surface area contributed by atoms with Gasteiger partial charge in [0.25, 0.3) is 0 Å². The lowest BCUT2D eigenvalue weighted by Crippen LogP contribution is -2.49. The van der Waals surface area contributed by atoms with Gasteiger partial charge in [0.1, 0.15) is 13.2 Å². The molecule has 0 aliphatic rings. The molecular weight excluding hydrogens is 526 g/mol. The number of ether oxygens (including phenoxy) is 8. The minimum Gasteiger partial charge on any atom is -0.463 e. The zero-order valence-corrected chi connectivity index (χ0v) is 22.5. The monoisotopic (exact) mass is 565 g/mol. The SMILES string of the molecule is COCCOCCOCCOC(=O)CCn1c(=O)[nH]c(=O)n(CCC(=O)OCCOCCOCCOC)c1=O. The van der Waals surface area contributed by atoms with Crippen LogP contribution in [0.3, 0.4) is 0 Å². The summed E-state index contributed by atoms with van der Waals surface area (Å²) in [7, 11) is 3.14. The molecule has 39 heavy (non-hydrogen) atoms. The number of aromatic amines is 1. The van der Waals surface area contributed by atoms with Crippen molar-refractivity contribution in [3.8, 4) is 0 Å². The topological polar surface area (TPSA) is 185 Å². The predicted molar refractivity (Wildman–Crippen MR) is 134 cm³/mol. The summed E-state index contributed by atoms with van der Waals surface area (Å²) in [6.07, 6.45) is -0.582. The normalized spacial score (nSPS) is 11.0. The van der Waals surface area contributed by atoms with Crippen LogP contribution in [0.5, 0.6) is 0 Å². The maximum atomic E-state index is 12.6. The van der Waals surface area contributed by atoms with Gasteiger partial charge < -0.3 is 37.9 Å². The van der Waals surface area contributed by atoms with Crippen molar-refractivity contribution in [3.05, 3.63) is 31.5 Å². The molecule has 0 atom stereocenters. The first-order valence-corrected chi connectivity index (χ1v) is 12.4. The zero-order valence-electron chi connectivity index (χ0n) is 22.5. The van der Waals surface area contributed by atoms with Crippen LogP contribution in [-0.4, -0.2) is 120 Å². The van der Waals surface area contributed by atoms with E-state index < -0.39 is 29.0 Å². The molecule has 1 rings (SSSR count). The molecule has 1 aromatic heterocycles. The molecule has 16 nitrogen and oxygen atoms in total. The quantitative estimate of drug-likeness (QED) is 0.106. The number of H-pyrrole nitrogens is 1. The molecule has 16 heteroatoms. The number of hydrogen-bond donors (Lipinski definition) is 1. The van der Waals surface area contributed by atoms with Crippen LogP contribution in [0.25, 0.3) is 0 Å². The summed E-state index contributed by atoms with van der Waals surface area (Å²) in [6, 6.07) is 0. The van der Waals surface area contributed by atoms with Gasteiger partial charge in [-0.25, -0.2) is 23.5 Å². The summed E-state index contributed by atoms with van der Waals surface area (Å²) in [4.78, 5) is 62.6. The maximum absolute atomic E-state index is 12.6. The average molecular weight is 566 g/mol. The molecule has 0 aliphatic heterocycles. The van der Waals surface area contributed by atoms with Gasteiger partial charge in [-0.1, -0.05) is 0 Å². The highest BCUT2D eigenvalue weighted by Gasteiger charge is 2.14. The molecule has 224 valence electrons. The molecule has 0 aromatic carbocycles. The third kappa shape index (κ3) is 16.0. The van der Waals surface area contributed by atoms with E-state index in [0.717, 1.165) is 0 Å². The van der Waals surface area contributed by atoms with Gasteiger partial charge in [-0.2, -0.15) is 0 Å². The van der Waals surface area contributed by atoms with Crippen LogP contribution < -0.4 is 17.1 Å². The Morgan fingerprint density at radius 2 is 0.897 bits per heavy atom. The smallest absolute Gasteiger partial charge is 0.336 e. The van der Waals surface area contributed by atoms with Crippen molar-refractivity contribution < 1.29 is 47.5 Å². The molecule has 0 saturated carbocycles. The average Bonchev–Trinajstić information content (AvgIpc) is 2.90. The van der Waals surface area contributed by atoms with Gasteiger partial charge in [-0.15, -0.1) is 0 Å². The molecule has 0 aliphatic carbocycles. The molecule has 0 fully saturated rings. The number of carbonyl (C=O) groups excluding carboxylic acids is 2. The highest BCUT2D eigenvalue weighted by atomic mass is 16.6. The van der Waals surface area contributed by atoms with E-state index in [0.29, 0.717) is 62.0 Å². The molecule has 0 bridgehead atoms. The molecule has 1 N–H and O–H groups in total. The molecule has 1 aromatic rings. The van der Waals surface area contributed by atoms with Gasteiger partial charge in [-0.3, -0.25) is 14.6 Å². The maximum Gasteiger partial charge on any atom is 0.336 e. The second-order valence-corrected chi connectivity index (χ2v) is 7.70. The van der Waals surface area contributed by atoms with Crippen LogP contribution in [0, 0.1) is 0 Å². The summed E-state index contributed by atoms with van der Waals surface area (Å²) in [5.41, 5.74) is -2.91. The fraction of sp³-hybridized carbons (Fsp3) is 0.783. The van der Waals surface area contributed by atoms with E-state index in [9.17, 15) is 24.0 Å². The number of rotatable bonds is 24. The fourth-order valence-electron chi connectivity index (χ4n) is 2.85. The molecule has 0 amide bonds. The first-order valence-electron chi connectivity index (χ1n) is 12.4. The van der Waals surface area contributed by atoms with Crippen molar-refractivity contribution in [2.45, 2.75) is 25.9 Å².